The van der Waals surface area contributed by atoms with Gasteiger partial charge in [-0.25, -0.2) is 0 Å². The first-order valence-corrected chi connectivity index (χ1v) is 8.96. The van der Waals surface area contributed by atoms with Crippen LogP contribution < -0.4 is 19.5 Å². The highest BCUT2D eigenvalue weighted by molar-refractivity contribution is 6.04. The molecule has 0 fully saturated rings. The molecule has 2 aromatic carbocycles. The first-order valence-electron chi connectivity index (χ1n) is 8.96. The minimum atomic E-state index is -0.237. The van der Waals surface area contributed by atoms with Gasteiger partial charge in [0.2, 0.25) is 0 Å². The highest BCUT2D eigenvalue weighted by Gasteiger charge is 2.14. The van der Waals surface area contributed by atoms with E-state index in [1.165, 1.54) is 0 Å². The second-order valence-corrected chi connectivity index (χ2v) is 6.43. The quantitative estimate of drug-likeness (QED) is 0.723. The molecule has 1 aliphatic rings. The summed E-state index contributed by atoms with van der Waals surface area (Å²) in [7, 11) is 0. The largest absolute Gasteiger partial charge is 0.489 e. The Morgan fingerprint density at radius 3 is 2.71 bits per heavy atom. The third-order valence-corrected chi connectivity index (χ3v) is 4.46. The van der Waals surface area contributed by atoms with Gasteiger partial charge in [-0.2, -0.15) is 0 Å². The lowest BCUT2D eigenvalue weighted by Crippen LogP contribution is -2.16. The van der Waals surface area contributed by atoms with Crippen molar-refractivity contribution in [1.29, 1.82) is 0 Å². The van der Waals surface area contributed by atoms with E-state index < -0.39 is 0 Å². The number of hydrogen-bond donors (Lipinski definition) is 1. The predicted molar refractivity (Wildman–Crippen MR) is 102 cm³/mol. The van der Waals surface area contributed by atoms with E-state index in [1.54, 1.807) is 42.5 Å². The first-order chi connectivity index (χ1) is 13.6. The highest BCUT2D eigenvalue weighted by Crippen LogP contribution is 2.32. The van der Waals surface area contributed by atoms with Crippen LogP contribution >= 0.6 is 0 Å². The molecule has 7 heteroatoms. The normalized spacial score (nSPS) is 12.5. The van der Waals surface area contributed by atoms with Gasteiger partial charge in [-0.15, -0.1) is 0 Å². The Bertz CT molecular complexity index is 992. The maximum absolute atomic E-state index is 12.6. The van der Waals surface area contributed by atoms with Crippen molar-refractivity contribution in [2.24, 2.45) is 0 Å². The van der Waals surface area contributed by atoms with Gasteiger partial charge in [0.15, 0.2) is 11.5 Å². The van der Waals surface area contributed by atoms with Crippen molar-refractivity contribution in [3.05, 3.63) is 65.0 Å². The van der Waals surface area contributed by atoms with Crippen LogP contribution in [0.1, 0.15) is 27.4 Å². The van der Waals surface area contributed by atoms with E-state index >= 15 is 0 Å². The summed E-state index contributed by atoms with van der Waals surface area (Å²) in [6.45, 7) is 5.06. The van der Waals surface area contributed by atoms with Gasteiger partial charge in [0, 0.05) is 17.3 Å². The predicted octanol–water partition coefficient (Wildman–Crippen LogP) is 3.89. The van der Waals surface area contributed by atoms with Gasteiger partial charge >= 0.3 is 0 Å². The average Bonchev–Trinajstić information content (AvgIpc) is 3.04. The van der Waals surface area contributed by atoms with Crippen LogP contribution in [0.25, 0.3) is 0 Å². The van der Waals surface area contributed by atoms with E-state index in [0.717, 1.165) is 17.0 Å². The van der Waals surface area contributed by atoms with Crippen molar-refractivity contribution >= 4 is 11.6 Å². The van der Waals surface area contributed by atoms with Gasteiger partial charge in [-0.1, -0.05) is 11.2 Å². The van der Waals surface area contributed by atoms with E-state index in [0.29, 0.717) is 48.3 Å². The standard InChI is InChI=1S/C21H20N2O5/c1-13-18(14(2)28-23-13)12-27-17-5-3-4-15(10-17)21(24)22-16-6-7-19-20(11-16)26-9-8-25-19/h3-7,10-11H,8-9,12H2,1-2H3,(H,22,24). The van der Waals surface area contributed by atoms with Crippen LogP contribution in [0.4, 0.5) is 5.69 Å². The van der Waals surface area contributed by atoms with Crippen molar-refractivity contribution in [1.82, 2.24) is 5.16 Å². The Hall–Kier alpha value is -3.48. The number of hydrogen-bond acceptors (Lipinski definition) is 6. The third-order valence-electron chi connectivity index (χ3n) is 4.46. The second kappa shape index (κ2) is 7.64. The van der Waals surface area contributed by atoms with Crippen molar-refractivity contribution in [3.8, 4) is 17.2 Å². The molecule has 2 heterocycles. The fourth-order valence-corrected chi connectivity index (χ4v) is 2.91. The number of nitrogens with one attached hydrogen (secondary N) is 1. The smallest absolute Gasteiger partial charge is 0.255 e. The zero-order valence-corrected chi connectivity index (χ0v) is 15.7. The van der Waals surface area contributed by atoms with Gasteiger partial charge in [0.05, 0.1) is 11.3 Å². The molecule has 1 N–H and O–H groups in total. The van der Waals surface area contributed by atoms with Crippen LogP contribution in [0.3, 0.4) is 0 Å². The third kappa shape index (κ3) is 3.78. The molecule has 1 aliphatic heterocycles. The van der Waals surface area contributed by atoms with Crippen molar-refractivity contribution < 1.29 is 23.5 Å². The maximum atomic E-state index is 12.6. The van der Waals surface area contributed by atoms with Gasteiger partial charge in [0.1, 0.15) is 31.3 Å². The summed E-state index contributed by atoms with van der Waals surface area (Å²) < 4.78 is 22.0. The van der Waals surface area contributed by atoms with Crippen LogP contribution in [0.2, 0.25) is 0 Å². The second-order valence-electron chi connectivity index (χ2n) is 6.43. The Morgan fingerprint density at radius 2 is 1.93 bits per heavy atom. The Labute approximate surface area is 162 Å². The molecule has 0 bridgehead atoms. The number of benzene rings is 2. The molecular formula is C21H20N2O5. The van der Waals surface area contributed by atoms with Crippen LogP contribution in [0.5, 0.6) is 17.2 Å². The van der Waals surface area contributed by atoms with Crippen LogP contribution in [-0.2, 0) is 6.61 Å². The van der Waals surface area contributed by atoms with Crippen molar-refractivity contribution in [2.75, 3.05) is 18.5 Å². The SMILES string of the molecule is Cc1noc(C)c1COc1cccc(C(=O)Nc2ccc3c(c2)OCCO3)c1. The van der Waals surface area contributed by atoms with E-state index in [2.05, 4.69) is 10.5 Å². The lowest BCUT2D eigenvalue weighted by atomic mass is 10.2. The fraction of sp³-hybridized carbons (Fsp3) is 0.238. The molecule has 7 nitrogen and oxygen atoms in total. The lowest BCUT2D eigenvalue weighted by molar-refractivity contribution is 0.102. The molecule has 0 saturated heterocycles. The number of fused-ring (bicyclic) bond motifs is 1. The molecule has 4 rings (SSSR count). The number of rotatable bonds is 5. The molecule has 3 aromatic rings. The minimum absolute atomic E-state index is 0.237. The summed E-state index contributed by atoms with van der Waals surface area (Å²) in [6.07, 6.45) is 0. The zero-order chi connectivity index (χ0) is 19.5. The maximum Gasteiger partial charge on any atom is 0.255 e. The van der Waals surface area contributed by atoms with Gasteiger partial charge in [-0.3, -0.25) is 4.79 Å². The molecule has 28 heavy (non-hydrogen) atoms. The van der Waals surface area contributed by atoms with Gasteiger partial charge in [0.25, 0.3) is 5.91 Å². The minimum Gasteiger partial charge on any atom is -0.489 e. The molecule has 1 aromatic heterocycles. The van der Waals surface area contributed by atoms with E-state index in [9.17, 15) is 4.79 Å². The van der Waals surface area contributed by atoms with Crippen LogP contribution in [0, 0.1) is 13.8 Å². The number of carbonyl (C=O) groups excluding carboxylic acids is 1. The fourth-order valence-electron chi connectivity index (χ4n) is 2.91. The number of ether oxygens (including phenoxy) is 3. The highest BCUT2D eigenvalue weighted by atomic mass is 16.6. The van der Waals surface area contributed by atoms with Crippen LogP contribution in [-0.4, -0.2) is 24.3 Å². The first kappa shape index (κ1) is 17.9. The summed E-state index contributed by atoms with van der Waals surface area (Å²) in [5.74, 6) is 2.39. The number of aromatic nitrogens is 1. The molecule has 0 unspecified atom stereocenters. The summed E-state index contributed by atoms with van der Waals surface area (Å²) >= 11 is 0. The van der Waals surface area contributed by atoms with E-state index in [4.69, 9.17) is 18.7 Å². The van der Waals surface area contributed by atoms with E-state index in [1.807, 2.05) is 13.8 Å². The number of amides is 1. The molecule has 0 saturated carbocycles. The molecule has 0 spiro atoms. The monoisotopic (exact) mass is 380 g/mol. The van der Waals surface area contributed by atoms with Gasteiger partial charge < -0.3 is 24.1 Å². The number of nitrogens with zero attached hydrogens (tertiary/aromatic N) is 1. The number of carbonyl (C=O) groups is 1. The number of anilines is 1. The Morgan fingerprint density at radius 1 is 1.11 bits per heavy atom. The topological polar surface area (TPSA) is 82.8 Å². The summed E-state index contributed by atoms with van der Waals surface area (Å²) in [4.78, 5) is 12.6. The molecule has 0 radical (unpaired) electrons. The van der Waals surface area contributed by atoms with Crippen molar-refractivity contribution in [2.45, 2.75) is 20.5 Å². The van der Waals surface area contributed by atoms with Crippen LogP contribution in [0.15, 0.2) is 47.0 Å². The summed E-state index contributed by atoms with van der Waals surface area (Å²) in [6, 6.07) is 12.3. The Balaban J connectivity index is 1.44. The Kier molecular flexibility index (Phi) is 4.89. The molecule has 144 valence electrons. The molecule has 1 amide bonds. The molecule has 0 atom stereocenters. The zero-order valence-electron chi connectivity index (χ0n) is 15.7. The molecular weight excluding hydrogens is 360 g/mol. The lowest BCUT2D eigenvalue weighted by Gasteiger charge is -2.19. The summed E-state index contributed by atoms with van der Waals surface area (Å²) in [5, 5.41) is 6.78. The average molecular weight is 380 g/mol. The van der Waals surface area contributed by atoms with E-state index in [-0.39, 0.29) is 5.91 Å². The van der Waals surface area contributed by atoms with Gasteiger partial charge in [-0.05, 0) is 44.2 Å². The molecule has 0 aliphatic carbocycles. The van der Waals surface area contributed by atoms with Crippen molar-refractivity contribution in [3.63, 3.8) is 0 Å². The number of aryl methyl sites for hydroxylation is 2. The summed E-state index contributed by atoms with van der Waals surface area (Å²) in [5.41, 5.74) is 2.83.